The number of sulfonamides is 2. The fraction of sp³-hybridized carbons (Fsp3) is 0.0714. The van der Waals surface area contributed by atoms with Gasteiger partial charge in [0.25, 0.3) is 20.0 Å². The molecule has 0 atom stereocenters. The third-order valence-electron chi connectivity index (χ3n) is 6.18. The third-order valence-corrected chi connectivity index (χ3v) is 10.8. The summed E-state index contributed by atoms with van der Waals surface area (Å²) in [7, 11) is -18.6. The molecule has 0 aliphatic carbocycles. The van der Waals surface area contributed by atoms with Crippen molar-refractivity contribution in [3.8, 4) is 0 Å². The Hall–Kier alpha value is -2.06. The summed E-state index contributed by atoms with van der Waals surface area (Å²) in [6.45, 7) is 3.53. The molecule has 4 rings (SSSR count). The van der Waals surface area contributed by atoms with E-state index in [4.69, 9.17) is 0 Å². The Kier molecular flexibility index (Phi) is 13.5. The summed E-state index contributed by atoms with van der Waals surface area (Å²) in [5.41, 5.74) is 0.681. The van der Waals surface area contributed by atoms with E-state index in [1.807, 2.05) is 0 Å². The quantitative estimate of drug-likeness (QED) is 0.104. The van der Waals surface area contributed by atoms with Crippen LogP contribution >= 0.6 is 0 Å². The summed E-state index contributed by atoms with van der Waals surface area (Å²) in [6, 6.07) is 17.9. The zero-order valence-corrected chi connectivity index (χ0v) is 32.2. The first-order valence-corrected chi connectivity index (χ1v) is 18.2. The smallest absolute Gasteiger partial charge is 0.744 e. The molecule has 0 aliphatic rings. The Balaban J connectivity index is 0.00000368. The Morgan fingerprint density at radius 2 is 0.804 bits per heavy atom. The molecule has 2 N–H and O–H groups in total. The molecule has 0 amide bonds. The van der Waals surface area contributed by atoms with Crippen molar-refractivity contribution in [3.63, 3.8) is 0 Å². The number of rotatable bonds is 10. The maximum absolute atomic E-state index is 12.7. The summed E-state index contributed by atoms with van der Waals surface area (Å²) in [5.74, 6) is 0. The van der Waals surface area contributed by atoms with E-state index in [0.29, 0.717) is 0 Å². The van der Waals surface area contributed by atoms with Gasteiger partial charge >= 0.3 is 59.1 Å². The zero-order chi connectivity index (χ0) is 32.5. The van der Waals surface area contributed by atoms with Crippen molar-refractivity contribution < 1.29 is 102 Å². The average molecular weight is 723 g/mol. The molecule has 0 spiro atoms. The Labute approximate surface area is 312 Å². The average Bonchev–Trinajstić information content (AvgIpc) is 2.92. The van der Waals surface area contributed by atoms with Crippen LogP contribution in [0.2, 0.25) is 0 Å². The molecule has 0 saturated carbocycles. The van der Waals surface area contributed by atoms with Gasteiger partial charge in [-0.2, -0.15) is 0 Å². The fourth-order valence-corrected chi connectivity index (χ4v) is 7.44. The zero-order valence-electron chi connectivity index (χ0n) is 25.0. The van der Waals surface area contributed by atoms with Crippen molar-refractivity contribution in [1.29, 1.82) is 0 Å². The SMILES string of the molecule is Cc1ccc(S(=O)(=O)Nc2ccc(/C=C/c3ccc(NS(=O)(=O)c4ccc(C)cc4)cc3S(=O)(=O)[O-])c(S(=O)(=O)[O-])c2)cc1.[Na+].[Na+]. The number of hydrogen-bond donors (Lipinski definition) is 2. The summed E-state index contributed by atoms with van der Waals surface area (Å²) in [5, 5.41) is 0. The molecule has 4 aromatic carbocycles. The van der Waals surface area contributed by atoms with E-state index in [1.54, 1.807) is 38.1 Å². The van der Waals surface area contributed by atoms with E-state index in [2.05, 4.69) is 9.44 Å². The van der Waals surface area contributed by atoms with Gasteiger partial charge in [0.2, 0.25) is 0 Å². The molecule has 232 valence electrons. The van der Waals surface area contributed by atoms with E-state index < -0.39 is 50.1 Å². The molecule has 0 radical (unpaired) electrons. The van der Waals surface area contributed by atoms with Crippen molar-refractivity contribution in [3.05, 3.63) is 107 Å². The molecule has 0 fully saturated rings. The molecule has 0 unspecified atom stereocenters. The van der Waals surface area contributed by atoms with Crippen LogP contribution in [-0.2, 0) is 40.3 Å². The van der Waals surface area contributed by atoms with E-state index in [0.717, 1.165) is 47.5 Å². The second-order valence-electron chi connectivity index (χ2n) is 9.58. The molecule has 0 saturated heterocycles. The first-order valence-electron chi connectivity index (χ1n) is 12.4. The van der Waals surface area contributed by atoms with Crippen LogP contribution in [0.4, 0.5) is 11.4 Å². The second kappa shape index (κ2) is 15.4. The van der Waals surface area contributed by atoms with Crippen LogP contribution in [0.5, 0.6) is 0 Å². The molecule has 0 bridgehead atoms. The minimum Gasteiger partial charge on any atom is -0.744 e. The van der Waals surface area contributed by atoms with E-state index >= 15 is 0 Å². The third kappa shape index (κ3) is 10.2. The number of anilines is 2. The van der Waals surface area contributed by atoms with Gasteiger partial charge in [-0.15, -0.1) is 0 Å². The van der Waals surface area contributed by atoms with Crippen molar-refractivity contribution in [1.82, 2.24) is 0 Å². The van der Waals surface area contributed by atoms with Gasteiger partial charge in [0.15, 0.2) is 0 Å². The first kappa shape index (κ1) is 40.1. The molecule has 0 aliphatic heterocycles. The van der Waals surface area contributed by atoms with Gasteiger partial charge in [0.05, 0.1) is 31.0 Å². The van der Waals surface area contributed by atoms with Crippen LogP contribution in [0.25, 0.3) is 12.2 Å². The molecule has 12 nitrogen and oxygen atoms in total. The van der Waals surface area contributed by atoms with Gasteiger partial charge in [-0.05, 0) is 73.5 Å². The predicted molar refractivity (Wildman–Crippen MR) is 162 cm³/mol. The molecule has 46 heavy (non-hydrogen) atoms. The van der Waals surface area contributed by atoms with Gasteiger partial charge in [-0.3, -0.25) is 9.44 Å². The summed E-state index contributed by atoms with van der Waals surface area (Å²) in [4.78, 5) is -1.86. The largest absolute Gasteiger partial charge is 1.00 e. The summed E-state index contributed by atoms with van der Waals surface area (Å²) in [6.07, 6.45) is 2.09. The second-order valence-corrected chi connectivity index (χ2v) is 15.6. The van der Waals surface area contributed by atoms with Crippen molar-refractivity contribution in [2.75, 3.05) is 9.44 Å². The number of nitrogens with one attached hydrogen (secondary N) is 2. The van der Waals surface area contributed by atoms with Crippen LogP contribution in [-0.4, -0.2) is 42.8 Å². The van der Waals surface area contributed by atoms with Crippen molar-refractivity contribution >= 4 is 63.8 Å². The van der Waals surface area contributed by atoms with Crippen molar-refractivity contribution in [2.45, 2.75) is 33.4 Å². The molecule has 0 heterocycles. The van der Waals surface area contributed by atoms with Crippen LogP contribution < -0.4 is 68.6 Å². The predicted octanol–water partition coefficient (Wildman–Crippen LogP) is -2.11. The Morgan fingerprint density at radius 1 is 0.500 bits per heavy atom. The van der Waals surface area contributed by atoms with Gasteiger partial charge < -0.3 is 9.11 Å². The summed E-state index contributed by atoms with van der Waals surface area (Å²) < 4.78 is 128. The molecular formula is C28H24N2Na2O10S4. The maximum atomic E-state index is 12.7. The standard InChI is InChI=1S/C28H26N2O10S4.2Na/c1-19-3-13-25(14-4-19)41(31,32)29-23-11-9-21(27(17-23)43(35,36)37)7-8-22-10-12-24(18-28(22)44(38,39)40)30-42(33,34)26-15-5-20(2)6-16-26;;/h3-18,29-30H,1-2H3,(H,35,36,37)(H,38,39,40);;/q;2*+1/p-2/b8-7+;;. The monoisotopic (exact) mass is 722 g/mol. The number of aryl methyl sites for hydroxylation is 2. The van der Waals surface area contributed by atoms with E-state index in [-0.39, 0.29) is 91.4 Å². The Morgan fingerprint density at radius 3 is 1.09 bits per heavy atom. The molecule has 4 aromatic rings. The summed E-state index contributed by atoms with van der Waals surface area (Å²) >= 11 is 0. The van der Waals surface area contributed by atoms with E-state index in [1.165, 1.54) is 36.4 Å². The van der Waals surface area contributed by atoms with Gasteiger partial charge in [0.1, 0.15) is 20.2 Å². The van der Waals surface area contributed by atoms with Crippen molar-refractivity contribution in [2.24, 2.45) is 0 Å². The molecular weight excluding hydrogens is 699 g/mol. The molecule has 18 heteroatoms. The van der Waals surface area contributed by atoms with Crippen LogP contribution in [0, 0.1) is 13.8 Å². The van der Waals surface area contributed by atoms with Crippen LogP contribution in [0.1, 0.15) is 22.3 Å². The number of benzene rings is 4. The number of hydrogen-bond acceptors (Lipinski definition) is 10. The minimum atomic E-state index is -5.17. The maximum Gasteiger partial charge on any atom is 1.00 e. The molecule has 0 aromatic heterocycles. The van der Waals surface area contributed by atoms with Gasteiger partial charge in [-0.25, -0.2) is 33.7 Å². The van der Waals surface area contributed by atoms with Crippen LogP contribution in [0.3, 0.4) is 0 Å². The van der Waals surface area contributed by atoms with Gasteiger partial charge in [-0.1, -0.05) is 59.7 Å². The normalized spacial score (nSPS) is 12.2. The minimum absolute atomic E-state index is 0. The Bertz CT molecular complexity index is 2050. The van der Waals surface area contributed by atoms with Crippen LogP contribution in [0.15, 0.2) is 105 Å². The fourth-order valence-electron chi connectivity index (χ4n) is 3.95. The first-order chi connectivity index (χ1) is 20.3. The van der Waals surface area contributed by atoms with Gasteiger partial charge in [0, 0.05) is 0 Å². The van der Waals surface area contributed by atoms with E-state index in [9.17, 15) is 42.8 Å². The topological polar surface area (TPSA) is 207 Å².